The SMILES string of the molecule is CCCc1nc(Cl)nc(NCc2cccc(C(C)(F)F)c2)c1CC. The Morgan fingerprint density at radius 3 is 2.58 bits per heavy atom. The summed E-state index contributed by atoms with van der Waals surface area (Å²) in [6.45, 7) is 5.42. The Morgan fingerprint density at radius 2 is 1.96 bits per heavy atom. The number of nitrogens with zero attached hydrogens (tertiary/aromatic N) is 2. The van der Waals surface area contributed by atoms with E-state index < -0.39 is 5.92 Å². The third-order valence-corrected chi connectivity index (χ3v) is 3.97. The Balaban J connectivity index is 2.23. The van der Waals surface area contributed by atoms with Crippen LogP contribution >= 0.6 is 11.6 Å². The second-order valence-corrected chi connectivity index (χ2v) is 6.15. The number of anilines is 1. The van der Waals surface area contributed by atoms with Crippen molar-refractivity contribution in [1.29, 1.82) is 0 Å². The first-order valence-corrected chi connectivity index (χ1v) is 8.49. The van der Waals surface area contributed by atoms with Crippen LogP contribution in [0, 0.1) is 0 Å². The van der Waals surface area contributed by atoms with Crippen LogP contribution in [0.15, 0.2) is 24.3 Å². The number of benzene rings is 1. The van der Waals surface area contributed by atoms with Gasteiger partial charge in [-0.15, -0.1) is 0 Å². The molecule has 0 spiro atoms. The van der Waals surface area contributed by atoms with Gasteiger partial charge in [0.05, 0.1) is 5.69 Å². The maximum atomic E-state index is 13.4. The first-order chi connectivity index (χ1) is 11.3. The minimum atomic E-state index is -2.85. The standard InChI is InChI=1S/C18H22ClF2N3/c1-4-7-15-14(5-2)16(24-17(19)23-15)22-11-12-8-6-9-13(10-12)18(3,20)21/h6,8-10H,4-5,7,11H2,1-3H3,(H,22,23,24). The summed E-state index contributed by atoms with van der Waals surface area (Å²) in [5.74, 6) is -2.17. The van der Waals surface area contributed by atoms with E-state index in [1.165, 1.54) is 12.1 Å². The molecular formula is C18H22ClF2N3. The van der Waals surface area contributed by atoms with Gasteiger partial charge in [0, 0.05) is 24.6 Å². The van der Waals surface area contributed by atoms with Gasteiger partial charge in [-0.05, 0) is 36.1 Å². The lowest BCUT2D eigenvalue weighted by Crippen LogP contribution is -2.11. The van der Waals surface area contributed by atoms with Crippen LogP contribution in [0.2, 0.25) is 5.28 Å². The summed E-state index contributed by atoms with van der Waals surface area (Å²) in [7, 11) is 0. The van der Waals surface area contributed by atoms with Crippen molar-refractivity contribution in [2.75, 3.05) is 5.32 Å². The fourth-order valence-corrected chi connectivity index (χ4v) is 2.79. The Morgan fingerprint density at radius 1 is 1.21 bits per heavy atom. The number of hydrogen-bond acceptors (Lipinski definition) is 3. The summed E-state index contributed by atoms with van der Waals surface area (Å²) >= 11 is 6.02. The van der Waals surface area contributed by atoms with E-state index in [1.54, 1.807) is 6.07 Å². The third kappa shape index (κ3) is 4.63. The van der Waals surface area contributed by atoms with E-state index in [2.05, 4.69) is 22.2 Å². The maximum absolute atomic E-state index is 13.4. The van der Waals surface area contributed by atoms with Gasteiger partial charge in [0.25, 0.3) is 5.92 Å². The maximum Gasteiger partial charge on any atom is 0.270 e. The molecule has 0 atom stereocenters. The van der Waals surface area contributed by atoms with Crippen LogP contribution in [0.25, 0.3) is 0 Å². The lowest BCUT2D eigenvalue weighted by Gasteiger charge is -2.15. The lowest BCUT2D eigenvalue weighted by atomic mass is 10.1. The molecule has 6 heteroatoms. The summed E-state index contributed by atoms with van der Waals surface area (Å²) in [6, 6.07) is 6.39. The lowest BCUT2D eigenvalue weighted by molar-refractivity contribution is 0.0174. The van der Waals surface area contributed by atoms with E-state index in [9.17, 15) is 8.78 Å². The Kier molecular flexibility index (Phi) is 6.10. The molecule has 0 aliphatic heterocycles. The monoisotopic (exact) mass is 353 g/mol. The van der Waals surface area contributed by atoms with Crippen molar-refractivity contribution < 1.29 is 8.78 Å². The Hall–Kier alpha value is -1.75. The van der Waals surface area contributed by atoms with Gasteiger partial charge in [-0.3, -0.25) is 0 Å². The average molecular weight is 354 g/mol. The fraction of sp³-hybridized carbons (Fsp3) is 0.444. The molecule has 0 saturated carbocycles. The molecule has 1 N–H and O–H groups in total. The minimum absolute atomic E-state index is 0.00454. The molecule has 0 bridgehead atoms. The van der Waals surface area contributed by atoms with Gasteiger partial charge in [-0.25, -0.2) is 18.7 Å². The molecule has 0 aliphatic carbocycles. The smallest absolute Gasteiger partial charge is 0.270 e. The van der Waals surface area contributed by atoms with E-state index in [-0.39, 0.29) is 10.8 Å². The third-order valence-electron chi connectivity index (χ3n) is 3.80. The number of aryl methyl sites for hydroxylation is 1. The van der Waals surface area contributed by atoms with Crippen LogP contribution in [0.3, 0.4) is 0 Å². The van der Waals surface area contributed by atoms with Gasteiger partial charge in [0.15, 0.2) is 0 Å². The van der Waals surface area contributed by atoms with Gasteiger partial charge in [-0.1, -0.05) is 38.5 Å². The largest absolute Gasteiger partial charge is 0.366 e. The number of alkyl halides is 2. The average Bonchev–Trinajstić information content (AvgIpc) is 2.52. The molecule has 2 aromatic rings. The number of halogens is 3. The second-order valence-electron chi connectivity index (χ2n) is 5.81. The Labute approximate surface area is 146 Å². The molecule has 0 saturated heterocycles. The summed E-state index contributed by atoms with van der Waals surface area (Å²) in [6.07, 6.45) is 2.58. The molecule has 0 unspecified atom stereocenters. The summed E-state index contributed by atoms with van der Waals surface area (Å²) in [5, 5.41) is 3.42. The molecule has 24 heavy (non-hydrogen) atoms. The molecular weight excluding hydrogens is 332 g/mol. The molecule has 1 heterocycles. The highest BCUT2D eigenvalue weighted by atomic mass is 35.5. The Bertz CT molecular complexity index is 699. The number of aromatic nitrogens is 2. The van der Waals surface area contributed by atoms with Crippen molar-refractivity contribution in [1.82, 2.24) is 9.97 Å². The van der Waals surface area contributed by atoms with E-state index >= 15 is 0 Å². The summed E-state index contributed by atoms with van der Waals surface area (Å²) in [4.78, 5) is 8.58. The highest BCUT2D eigenvalue weighted by molar-refractivity contribution is 6.28. The van der Waals surface area contributed by atoms with Gasteiger partial charge in [-0.2, -0.15) is 0 Å². The van der Waals surface area contributed by atoms with Crippen molar-refractivity contribution in [3.05, 3.63) is 51.9 Å². The predicted molar refractivity (Wildman–Crippen MR) is 93.8 cm³/mol. The van der Waals surface area contributed by atoms with E-state index in [0.717, 1.165) is 43.0 Å². The van der Waals surface area contributed by atoms with Crippen LogP contribution < -0.4 is 5.32 Å². The van der Waals surface area contributed by atoms with Crippen molar-refractivity contribution in [3.63, 3.8) is 0 Å². The van der Waals surface area contributed by atoms with Gasteiger partial charge < -0.3 is 5.32 Å². The van der Waals surface area contributed by atoms with Gasteiger partial charge in [0.2, 0.25) is 5.28 Å². The topological polar surface area (TPSA) is 37.8 Å². The molecule has 1 aromatic heterocycles. The molecule has 0 amide bonds. The number of hydrogen-bond donors (Lipinski definition) is 1. The molecule has 130 valence electrons. The molecule has 0 fully saturated rings. The van der Waals surface area contributed by atoms with Gasteiger partial charge in [0.1, 0.15) is 5.82 Å². The quantitative estimate of drug-likeness (QED) is 0.680. The molecule has 0 aliphatic rings. The normalized spacial score (nSPS) is 11.6. The highest BCUT2D eigenvalue weighted by Crippen LogP contribution is 2.28. The first kappa shape index (κ1) is 18.6. The molecule has 0 radical (unpaired) electrons. The molecule has 3 nitrogen and oxygen atoms in total. The molecule has 2 rings (SSSR count). The first-order valence-electron chi connectivity index (χ1n) is 8.11. The van der Waals surface area contributed by atoms with Crippen LogP contribution in [-0.4, -0.2) is 9.97 Å². The van der Waals surface area contributed by atoms with E-state index in [0.29, 0.717) is 12.4 Å². The summed E-state index contributed by atoms with van der Waals surface area (Å²) in [5.41, 5.74) is 2.74. The van der Waals surface area contributed by atoms with Crippen LogP contribution in [0.1, 0.15) is 49.6 Å². The fourth-order valence-electron chi connectivity index (χ4n) is 2.60. The van der Waals surface area contributed by atoms with Crippen LogP contribution in [-0.2, 0) is 25.3 Å². The second kappa shape index (κ2) is 7.88. The van der Waals surface area contributed by atoms with Crippen LogP contribution in [0.4, 0.5) is 14.6 Å². The van der Waals surface area contributed by atoms with Crippen molar-refractivity contribution in [2.24, 2.45) is 0 Å². The van der Waals surface area contributed by atoms with Crippen molar-refractivity contribution >= 4 is 17.4 Å². The number of rotatable bonds is 7. The zero-order chi connectivity index (χ0) is 17.7. The molecule has 1 aromatic carbocycles. The zero-order valence-corrected chi connectivity index (χ0v) is 14.9. The van der Waals surface area contributed by atoms with Crippen molar-refractivity contribution in [3.8, 4) is 0 Å². The predicted octanol–water partition coefficient (Wildman–Crippen LogP) is 5.37. The highest BCUT2D eigenvalue weighted by Gasteiger charge is 2.24. The summed E-state index contributed by atoms with van der Waals surface area (Å²) < 4.78 is 26.9. The van der Waals surface area contributed by atoms with E-state index in [4.69, 9.17) is 11.6 Å². The minimum Gasteiger partial charge on any atom is -0.366 e. The number of nitrogens with one attached hydrogen (secondary N) is 1. The van der Waals surface area contributed by atoms with Crippen LogP contribution in [0.5, 0.6) is 0 Å². The van der Waals surface area contributed by atoms with Crippen molar-refractivity contribution in [2.45, 2.75) is 52.5 Å². The van der Waals surface area contributed by atoms with E-state index in [1.807, 2.05) is 13.0 Å². The van der Waals surface area contributed by atoms with Gasteiger partial charge >= 0.3 is 0 Å². The zero-order valence-electron chi connectivity index (χ0n) is 14.2.